The summed E-state index contributed by atoms with van der Waals surface area (Å²) in [5.74, 6) is 7.08. The zero-order chi connectivity index (χ0) is 20.4. The van der Waals surface area contributed by atoms with E-state index in [0.717, 1.165) is 17.2 Å². The maximum Gasteiger partial charge on any atom is 0.277 e. The standard InChI is InChI=1S/C19H22N6O2S2/c1-3-4-6-25-7-5-14(24-25)16(26)21-15-10-28-17(22-15)19-11-27-12(2)8-13(19)9-29-18(20)23-19/h5,7,10,12-13H,6,8-9,11H2,1-2H3,(H2,20,23)(H,21,26)/t12-,13-,19?/m0/s1. The second-order valence-corrected chi connectivity index (χ2v) is 8.96. The van der Waals surface area contributed by atoms with Crippen LogP contribution in [0.2, 0.25) is 0 Å². The Morgan fingerprint density at radius 3 is 3.24 bits per heavy atom. The van der Waals surface area contributed by atoms with Crippen LogP contribution in [0.1, 0.15) is 35.8 Å². The first-order valence-corrected chi connectivity index (χ1v) is 11.2. The van der Waals surface area contributed by atoms with Gasteiger partial charge in [-0.25, -0.2) is 9.98 Å². The van der Waals surface area contributed by atoms with Crippen molar-refractivity contribution in [3.8, 4) is 11.8 Å². The molecule has 1 unspecified atom stereocenters. The number of amidine groups is 1. The molecule has 0 aromatic carbocycles. The minimum absolute atomic E-state index is 0.190. The van der Waals surface area contributed by atoms with E-state index in [2.05, 4.69) is 34.2 Å². The van der Waals surface area contributed by atoms with E-state index in [9.17, 15) is 4.79 Å². The molecule has 0 saturated carbocycles. The molecular weight excluding hydrogens is 408 g/mol. The van der Waals surface area contributed by atoms with Crippen LogP contribution in [0.15, 0.2) is 22.6 Å². The van der Waals surface area contributed by atoms with Gasteiger partial charge in [0, 0.05) is 23.2 Å². The Kier molecular flexibility index (Phi) is 5.63. The van der Waals surface area contributed by atoms with Gasteiger partial charge in [-0.1, -0.05) is 17.7 Å². The molecule has 29 heavy (non-hydrogen) atoms. The number of thiazole rings is 1. The van der Waals surface area contributed by atoms with Crippen molar-refractivity contribution in [2.45, 2.75) is 38.5 Å². The molecule has 0 spiro atoms. The van der Waals surface area contributed by atoms with Crippen molar-refractivity contribution in [2.24, 2.45) is 16.6 Å². The van der Waals surface area contributed by atoms with Crippen LogP contribution in [-0.4, -0.2) is 44.3 Å². The fourth-order valence-electron chi connectivity index (χ4n) is 3.52. The van der Waals surface area contributed by atoms with E-state index >= 15 is 0 Å². The number of carbonyl (C=O) groups is 1. The minimum Gasteiger partial charge on any atom is -0.379 e. The third-order valence-corrected chi connectivity index (χ3v) is 6.99. The number of anilines is 1. The first-order chi connectivity index (χ1) is 14.0. The van der Waals surface area contributed by atoms with Crippen LogP contribution in [0.4, 0.5) is 5.82 Å². The number of hydrogen-bond donors (Lipinski definition) is 2. The van der Waals surface area contributed by atoms with E-state index in [1.807, 2.05) is 5.38 Å². The quantitative estimate of drug-likeness (QED) is 0.721. The Bertz CT molecular complexity index is 1000. The number of nitrogens with two attached hydrogens (primary N) is 1. The lowest BCUT2D eigenvalue weighted by Gasteiger charge is -2.44. The van der Waals surface area contributed by atoms with Crippen LogP contribution in [-0.2, 0) is 16.8 Å². The molecule has 0 radical (unpaired) electrons. The van der Waals surface area contributed by atoms with Gasteiger partial charge in [-0.05, 0) is 26.3 Å². The van der Waals surface area contributed by atoms with E-state index in [4.69, 9.17) is 15.5 Å². The van der Waals surface area contributed by atoms with Crippen molar-refractivity contribution in [3.63, 3.8) is 0 Å². The second kappa shape index (κ2) is 8.18. The predicted molar refractivity (Wildman–Crippen MR) is 115 cm³/mol. The number of amides is 1. The van der Waals surface area contributed by atoms with E-state index in [0.29, 0.717) is 35.7 Å². The van der Waals surface area contributed by atoms with Crippen molar-refractivity contribution in [1.29, 1.82) is 0 Å². The molecule has 1 saturated heterocycles. The highest BCUT2D eigenvalue weighted by Crippen LogP contribution is 2.46. The highest BCUT2D eigenvalue weighted by Gasteiger charge is 2.49. The van der Waals surface area contributed by atoms with E-state index in [-0.39, 0.29) is 12.0 Å². The molecule has 0 aliphatic carbocycles. The Hall–Kier alpha value is -2.35. The number of aliphatic imine (C=N–C) groups is 1. The number of thioether (sulfide) groups is 1. The summed E-state index contributed by atoms with van der Waals surface area (Å²) in [6.07, 6.45) is 2.82. The fraction of sp³-hybridized carbons (Fsp3) is 0.474. The van der Waals surface area contributed by atoms with Crippen LogP contribution >= 0.6 is 23.1 Å². The molecule has 1 amide bonds. The largest absolute Gasteiger partial charge is 0.379 e. The first-order valence-electron chi connectivity index (χ1n) is 9.30. The molecule has 2 aliphatic heterocycles. The third-order valence-electron chi connectivity index (χ3n) is 5.03. The summed E-state index contributed by atoms with van der Waals surface area (Å²) in [7, 11) is 0. The smallest absolute Gasteiger partial charge is 0.277 e. The van der Waals surface area contributed by atoms with E-state index in [1.54, 1.807) is 35.6 Å². The molecule has 4 heterocycles. The van der Waals surface area contributed by atoms with Crippen LogP contribution < -0.4 is 11.1 Å². The number of nitrogens with one attached hydrogen (secondary N) is 1. The summed E-state index contributed by atoms with van der Waals surface area (Å²) in [6, 6.07) is 1.66. The molecule has 8 nitrogen and oxygen atoms in total. The molecule has 152 valence electrons. The molecule has 2 aromatic heterocycles. The van der Waals surface area contributed by atoms with Crippen LogP contribution in [0.5, 0.6) is 0 Å². The average molecular weight is 431 g/mol. The lowest BCUT2D eigenvalue weighted by molar-refractivity contribution is -0.0466. The topological polar surface area (TPSA) is 107 Å². The Balaban J connectivity index is 1.53. The molecule has 0 bridgehead atoms. The zero-order valence-corrected chi connectivity index (χ0v) is 17.8. The van der Waals surface area contributed by atoms with Gasteiger partial charge in [-0.15, -0.1) is 17.3 Å². The average Bonchev–Trinajstić information content (AvgIpc) is 3.36. The highest BCUT2D eigenvalue weighted by molar-refractivity contribution is 8.13. The summed E-state index contributed by atoms with van der Waals surface area (Å²) >= 11 is 3.05. The normalized spacial score (nSPS) is 26.1. The summed E-state index contributed by atoms with van der Waals surface area (Å²) in [4.78, 5) is 22.0. The first kappa shape index (κ1) is 19.9. The molecular formula is C19H22N6O2S2. The lowest BCUT2D eigenvalue weighted by Crippen LogP contribution is -2.49. The molecule has 10 heteroatoms. The Morgan fingerprint density at radius 1 is 1.55 bits per heavy atom. The number of ether oxygens (including phenoxy) is 1. The lowest BCUT2D eigenvalue weighted by atomic mass is 9.80. The van der Waals surface area contributed by atoms with Gasteiger partial charge in [-0.3, -0.25) is 9.48 Å². The zero-order valence-electron chi connectivity index (χ0n) is 16.2. The van der Waals surface area contributed by atoms with Gasteiger partial charge in [0.1, 0.15) is 22.9 Å². The maximum absolute atomic E-state index is 12.5. The van der Waals surface area contributed by atoms with Gasteiger partial charge >= 0.3 is 0 Å². The Labute approximate surface area is 177 Å². The minimum atomic E-state index is -0.574. The second-order valence-electron chi connectivity index (χ2n) is 7.06. The third kappa shape index (κ3) is 4.03. The number of carbonyl (C=O) groups excluding carboxylic acids is 1. The van der Waals surface area contributed by atoms with Crippen molar-refractivity contribution < 1.29 is 9.53 Å². The number of hydrogen-bond acceptors (Lipinski definition) is 8. The maximum atomic E-state index is 12.5. The van der Waals surface area contributed by atoms with Crippen LogP contribution in [0.3, 0.4) is 0 Å². The van der Waals surface area contributed by atoms with Crippen LogP contribution in [0.25, 0.3) is 0 Å². The van der Waals surface area contributed by atoms with E-state index < -0.39 is 5.54 Å². The van der Waals surface area contributed by atoms with Crippen molar-refractivity contribution >= 4 is 40.0 Å². The molecule has 3 N–H and O–H groups in total. The summed E-state index contributed by atoms with van der Waals surface area (Å²) in [5, 5.41) is 10.3. The predicted octanol–water partition coefficient (Wildman–Crippen LogP) is 2.30. The van der Waals surface area contributed by atoms with Crippen molar-refractivity contribution in [3.05, 3.63) is 28.3 Å². The fourth-order valence-corrected chi connectivity index (χ4v) is 5.49. The van der Waals surface area contributed by atoms with Gasteiger partial charge in [-0.2, -0.15) is 5.10 Å². The molecule has 4 rings (SSSR count). The van der Waals surface area contributed by atoms with Gasteiger partial charge < -0.3 is 15.8 Å². The molecule has 2 aromatic rings. The monoisotopic (exact) mass is 430 g/mol. The van der Waals surface area contributed by atoms with E-state index in [1.165, 1.54) is 11.3 Å². The number of rotatable bonds is 4. The van der Waals surface area contributed by atoms with Crippen LogP contribution in [0, 0.1) is 17.8 Å². The number of fused-ring (bicyclic) bond motifs is 1. The summed E-state index contributed by atoms with van der Waals surface area (Å²) in [6.45, 7) is 4.74. The van der Waals surface area contributed by atoms with Gasteiger partial charge in [0.15, 0.2) is 10.9 Å². The number of nitrogens with zero attached hydrogens (tertiary/aromatic N) is 4. The number of aromatic nitrogens is 3. The SMILES string of the molecule is CC#CCn1ccc(C(=O)Nc2csc(C34CO[C@@H](C)C[C@H]3CSC(N)=N4)n2)n1. The summed E-state index contributed by atoms with van der Waals surface area (Å²) < 4.78 is 7.56. The summed E-state index contributed by atoms with van der Waals surface area (Å²) in [5.41, 5.74) is 5.79. The van der Waals surface area contributed by atoms with Crippen molar-refractivity contribution in [1.82, 2.24) is 14.8 Å². The van der Waals surface area contributed by atoms with Crippen molar-refractivity contribution in [2.75, 3.05) is 17.7 Å². The highest BCUT2D eigenvalue weighted by atomic mass is 32.2. The van der Waals surface area contributed by atoms with Gasteiger partial charge in [0.05, 0.1) is 12.7 Å². The Morgan fingerprint density at radius 2 is 2.41 bits per heavy atom. The van der Waals surface area contributed by atoms with Gasteiger partial charge in [0.25, 0.3) is 5.91 Å². The van der Waals surface area contributed by atoms with Gasteiger partial charge in [0.2, 0.25) is 0 Å². The molecule has 2 aliphatic rings. The molecule has 1 fully saturated rings. The molecule has 3 atom stereocenters.